The molecule has 0 saturated heterocycles. The van der Waals surface area contributed by atoms with Crippen LogP contribution in [0.5, 0.6) is 0 Å². The van der Waals surface area contributed by atoms with Crippen molar-refractivity contribution < 1.29 is 24.2 Å². The summed E-state index contributed by atoms with van der Waals surface area (Å²) in [5.41, 5.74) is 0. The van der Waals surface area contributed by atoms with E-state index in [9.17, 15) is 14.7 Å². The van der Waals surface area contributed by atoms with Crippen molar-refractivity contribution in [1.82, 2.24) is 0 Å². The third-order valence-electron chi connectivity index (χ3n) is 0.892. The lowest BCUT2D eigenvalue weighted by Gasteiger charge is -2.07. The zero-order valence-corrected chi connectivity index (χ0v) is 6.33. The van der Waals surface area contributed by atoms with Crippen molar-refractivity contribution in [2.24, 2.45) is 0 Å². The Morgan fingerprint density at radius 3 is 2.36 bits per heavy atom. The second kappa shape index (κ2) is 4.54. The number of ether oxygens (including phenoxy) is 2. The van der Waals surface area contributed by atoms with Crippen molar-refractivity contribution in [2.75, 3.05) is 6.61 Å². The predicted molar refractivity (Wildman–Crippen MR) is 33.3 cm³/mol. The molecule has 1 atom stereocenters. The van der Waals surface area contributed by atoms with E-state index in [1.165, 1.54) is 6.92 Å². The summed E-state index contributed by atoms with van der Waals surface area (Å²) < 4.78 is 8.44. The van der Waals surface area contributed by atoms with E-state index in [-0.39, 0.29) is 6.61 Å². The molecule has 0 aliphatic carbocycles. The highest BCUT2D eigenvalue weighted by atomic mass is 16.7. The van der Waals surface area contributed by atoms with Crippen LogP contribution in [0.2, 0.25) is 0 Å². The van der Waals surface area contributed by atoms with Gasteiger partial charge in [-0.15, -0.1) is 0 Å². The molecule has 5 heteroatoms. The molecule has 0 fully saturated rings. The van der Waals surface area contributed by atoms with E-state index >= 15 is 0 Å². The maximum absolute atomic E-state index is 10.6. The summed E-state index contributed by atoms with van der Waals surface area (Å²) in [6.07, 6.45) is -2.84. The zero-order valence-electron chi connectivity index (χ0n) is 6.33. The van der Waals surface area contributed by atoms with Crippen molar-refractivity contribution in [1.29, 1.82) is 0 Å². The monoisotopic (exact) mass is 161 g/mol. The summed E-state index contributed by atoms with van der Waals surface area (Å²) in [7, 11) is 0. The minimum Gasteiger partial charge on any atom is -0.463 e. The lowest BCUT2D eigenvalue weighted by atomic mass is 10.4. The van der Waals surface area contributed by atoms with Gasteiger partial charge < -0.3 is 9.47 Å². The third-order valence-corrected chi connectivity index (χ3v) is 0.892. The van der Waals surface area contributed by atoms with Gasteiger partial charge in [-0.3, -0.25) is 0 Å². The van der Waals surface area contributed by atoms with E-state index in [1.54, 1.807) is 6.92 Å². The molecule has 0 spiro atoms. The van der Waals surface area contributed by atoms with E-state index in [0.29, 0.717) is 0 Å². The first-order valence-electron chi connectivity index (χ1n) is 3.12. The number of hydrogen-bond donors (Lipinski definition) is 0. The Morgan fingerprint density at radius 2 is 2.00 bits per heavy atom. The molecule has 1 radical (unpaired) electrons. The molecule has 0 rings (SSSR count). The Kier molecular flexibility index (Phi) is 4.02. The lowest BCUT2D eigenvalue weighted by molar-refractivity contribution is -0.153. The number of esters is 1. The van der Waals surface area contributed by atoms with Gasteiger partial charge in [0.2, 0.25) is 0 Å². The van der Waals surface area contributed by atoms with Crippen LogP contribution in [-0.4, -0.2) is 24.8 Å². The van der Waals surface area contributed by atoms with Gasteiger partial charge in [-0.05, 0) is 13.8 Å². The van der Waals surface area contributed by atoms with Gasteiger partial charge in [0, 0.05) is 0 Å². The fraction of sp³-hybridized carbons (Fsp3) is 0.667. The van der Waals surface area contributed by atoms with Crippen molar-refractivity contribution >= 4 is 12.1 Å². The molecule has 11 heavy (non-hydrogen) atoms. The fourth-order valence-electron chi connectivity index (χ4n) is 0.452. The summed E-state index contributed by atoms with van der Waals surface area (Å²) in [6.45, 7) is 3.08. The van der Waals surface area contributed by atoms with Crippen LogP contribution < -0.4 is 0 Å². The van der Waals surface area contributed by atoms with Crippen molar-refractivity contribution in [3.63, 3.8) is 0 Å². The first-order chi connectivity index (χ1) is 5.07. The largest absolute Gasteiger partial charge is 0.550 e. The molecule has 63 valence electrons. The summed E-state index contributed by atoms with van der Waals surface area (Å²) >= 11 is 0. The summed E-state index contributed by atoms with van der Waals surface area (Å²) in [5, 5.41) is 9.78. The molecule has 0 amide bonds. The molecule has 0 N–H and O–H groups in total. The molecule has 0 aromatic rings. The van der Waals surface area contributed by atoms with E-state index in [4.69, 9.17) is 0 Å². The maximum atomic E-state index is 10.6. The molecule has 0 saturated carbocycles. The molecule has 0 bridgehead atoms. The van der Waals surface area contributed by atoms with Gasteiger partial charge in [0.05, 0.1) is 6.61 Å². The van der Waals surface area contributed by atoms with Gasteiger partial charge in [0.1, 0.15) is 0 Å². The average molecular weight is 161 g/mol. The first kappa shape index (κ1) is 9.74. The highest BCUT2D eigenvalue weighted by Gasteiger charge is 2.18. The third kappa shape index (κ3) is 4.19. The Balaban J connectivity index is 3.73. The average Bonchev–Trinajstić information content (AvgIpc) is 1.86. The Hall–Kier alpha value is -1.26. The van der Waals surface area contributed by atoms with Crippen molar-refractivity contribution in [2.45, 2.75) is 20.0 Å². The van der Waals surface area contributed by atoms with Crippen molar-refractivity contribution in [3.8, 4) is 0 Å². The van der Waals surface area contributed by atoms with Crippen LogP contribution in [0.25, 0.3) is 0 Å². The van der Waals surface area contributed by atoms with Gasteiger partial charge in [0.25, 0.3) is 0 Å². The first-order valence-corrected chi connectivity index (χ1v) is 3.12. The Bertz CT molecular complexity index is 153. The maximum Gasteiger partial charge on any atom is 0.550 e. The molecular formula is C6H9O5. The summed E-state index contributed by atoms with van der Waals surface area (Å²) in [5.74, 6) is -0.711. The highest BCUT2D eigenvalue weighted by Crippen LogP contribution is 1.94. The minimum absolute atomic E-state index is 0.194. The van der Waals surface area contributed by atoms with Crippen LogP contribution >= 0.6 is 0 Å². The zero-order chi connectivity index (χ0) is 8.85. The number of rotatable bonds is 3. The Labute approximate surface area is 63.9 Å². The SMILES string of the molecule is CCOC(=O)C(C)OC([O])=O. The molecule has 0 aromatic carbocycles. The quantitative estimate of drug-likeness (QED) is 0.565. The minimum atomic E-state index is -1.73. The topological polar surface area (TPSA) is 72.5 Å². The van der Waals surface area contributed by atoms with E-state index in [0.717, 1.165) is 0 Å². The summed E-state index contributed by atoms with van der Waals surface area (Å²) in [6, 6.07) is 0. The van der Waals surface area contributed by atoms with Crippen LogP contribution in [-0.2, 0) is 19.4 Å². The molecule has 0 aliphatic rings. The molecule has 0 aliphatic heterocycles. The van der Waals surface area contributed by atoms with E-state index < -0.39 is 18.2 Å². The molecule has 0 heterocycles. The molecule has 5 nitrogen and oxygen atoms in total. The normalized spacial score (nSPS) is 11.8. The highest BCUT2D eigenvalue weighted by molar-refractivity contribution is 5.76. The molecular weight excluding hydrogens is 152 g/mol. The van der Waals surface area contributed by atoms with Crippen LogP contribution in [0.4, 0.5) is 4.79 Å². The smallest absolute Gasteiger partial charge is 0.463 e. The number of carbonyl (C=O) groups is 2. The van der Waals surface area contributed by atoms with E-state index in [2.05, 4.69) is 9.47 Å². The van der Waals surface area contributed by atoms with Gasteiger partial charge in [-0.25, -0.2) is 4.79 Å². The predicted octanol–water partition coefficient (Wildman–Crippen LogP) is 0.505. The van der Waals surface area contributed by atoms with Gasteiger partial charge in [0.15, 0.2) is 6.10 Å². The van der Waals surface area contributed by atoms with Crippen LogP contribution in [0.3, 0.4) is 0 Å². The van der Waals surface area contributed by atoms with Crippen LogP contribution in [0.15, 0.2) is 0 Å². The molecule has 0 aromatic heterocycles. The van der Waals surface area contributed by atoms with Gasteiger partial charge in [-0.2, -0.15) is 9.90 Å². The number of carbonyl (C=O) groups excluding carboxylic acids is 2. The van der Waals surface area contributed by atoms with Gasteiger partial charge >= 0.3 is 12.1 Å². The van der Waals surface area contributed by atoms with E-state index in [1.807, 2.05) is 0 Å². The standard InChI is InChI=1S/C6H9O5/c1-3-10-5(7)4(2)11-6(8)9/h4H,3H2,1-2H3. The summed E-state index contributed by atoms with van der Waals surface area (Å²) in [4.78, 5) is 20.4. The number of hydrogen-bond acceptors (Lipinski definition) is 4. The van der Waals surface area contributed by atoms with Crippen LogP contribution in [0.1, 0.15) is 13.8 Å². The van der Waals surface area contributed by atoms with Gasteiger partial charge in [-0.1, -0.05) is 0 Å². The fourth-order valence-corrected chi connectivity index (χ4v) is 0.452. The lowest BCUT2D eigenvalue weighted by Crippen LogP contribution is -2.25. The second-order valence-corrected chi connectivity index (χ2v) is 1.76. The molecule has 1 unspecified atom stereocenters. The Morgan fingerprint density at radius 1 is 1.45 bits per heavy atom. The van der Waals surface area contributed by atoms with Crippen LogP contribution in [0, 0.1) is 0 Å². The van der Waals surface area contributed by atoms with Crippen molar-refractivity contribution in [3.05, 3.63) is 0 Å². The second-order valence-electron chi connectivity index (χ2n) is 1.76.